The summed E-state index contributed by atoms with van der Waals surface area (Å²) >= 11 is 0. The van der Waals surface area contributed by atoms with E-state index in [1.54, 1.807) is 31.4 Å². The van der Waals surface area contributed by atoms with Crippen molar-refractivity contribution in [3.63, 3.8) is 0 Å². The molecule has 2 aromatic carbocycles. The van der Waals surface area contributed by atoms with E-state index in [0.29, 0.717) is 22.6 Å². The van der Waals surface area contributed by atoms with Crippen molar-refractivity contribution in [2.75, 3.05) is 12.4 Å². The van der Waals surface area contributed by atoms with Gasteiger partial charge in [0.1, 0.15) is 5.75 Å². The van der Waals surface area contributed by atoms with E-state index in [9.17, 15) is 18.0 Å². The maximum Gasteiger partial charge on any atom is 0.416 e. The number of methoxy groups -OCH3 is 1. The lowest BCUT2D eigenvalue weighted by Crippen LogP contribution is -2.13. The average Bonchev–Trinajstić information content (AvgIpc) is 2.65. The summed E-state index contributed by atoms with van der Waals surface area (Å²) in [6.45, 7) is 0.211. The van der Waals surface area contributed by atoms with Crippen LogP contribution in [-0.4, -0.2) is 17.1 Å². The van der Waals surface area contributed by atoms with Crippen LogP contribution in [0, 0.1) is 0 Å². The van der Waals surface area contributed by atoms with Crippen molar-refractivity contribution in [1.82, 2.24) is 9.97 Å². The molecular weight excluding hydrogens is 359 g/mol. The minimum Gasteiger partial charge on any atom is -0.497 e. The molecule has 0 spiro atoms. The molecule has 1 heterocycles. The Bertz CT molecular complexity index is 982. The van der Waals surface area contributed by atoms with Gasteiger partial charge in [0.05, 0.1) is 18.4 Å². The standard InChI is InChI=1S/C19H16F3N3O2/c1-27-15-4-2-3-13(9-15)16-10-17(26)25-18(24-16)23-11-12-5-7-14(8-6-12)19(20,21)22/h2-10H,11H2,1H3,(H2,23,24,25,26). The molecule has 27 heavy (non-hydrogen) atoms. The number of anilines is 1. The minimum atomic E-state index is -4.37. The van der Waals surface area contributed by atoms with E-state index in [0.717, 1.165) is 12.1 Å². The van der Waals surface area contributed by atoms with Crippen LogP contribution in [0.5, 0.6) is 5.75 Å². The lowest BCUT2D eigenvalue weighted by Gasteiger charge is -2.10. The zero-order chi connectivity index (χ0) is 19.4. The van der Waals surface area contributed by atoms with Crippen molar-refractivity contribution in [2.45, 2.75) is 12.7 Å². The summed E-state index contributed by atoms with van der Waals surface area (Å²) in [6, 6.07) is 13.2. The minimum absolute atomic E-state index is 0.211. The summed E-state index contributed by atoms with van der Waals surface area (Å²) in [7, 11) is 1.54. The molecule has 0 fully saturated rings. The fourth-order valence-electron chi connectivity index (χ4n) is 2.47. The van der Waals surface area contributed by atoms with E-state index in [1.807, 2.05) is 0 Å². The predicted octanol–water partition coefficient (Wildman–Crippen LogP) is 4.08. The summed E-state index contributed by atoms with van der Waals surface area (Å²) in [6.07, 6.45) is -4.37. The third-order valence-electron chi connectivity index (χ3n) is 3.85. The highest BCUT2D eigenvalue weighted by molar-refractivity contribution is 5.61. The van der Waals surface area contributed by atoms with Gasteiger partial charge in [-0.05, 0) is 29.8 Å². The second-order valence-corrected chi connectivity index (χ2v) is 5.76. The molecule has 0 aliphatic heterocycles. The number of benzene rings is 2. The van der Waals surface area contributed by atoms with Crippen molar-refractivity contribution < 1.29 is 17.9 Å². The van der Waals surface area contributed by atoms with Gasteiger partial charge in [0.2, 0.25) is 5.95 Å². The van der Waals surface area contributed by atoms with Crippen LogP contribution in [0.15, 0.2) is 59.4 Å². The number of aromatic amines is 1. The highest BCUT2D eigenvalue weighted by Crippen LogP contribution is 2.29. The Hall–Kier alpha value is -3.29. The van der Waals surface area contributed by atoms with Crippen molar-refractivity contribution in [3.8, 4) is 17.0 Å². The second-order valence-electron chi connectivity index (χ2n) is 5.76. The first-order valence-corrected chi connectivity index (χ1v) is 8.01. The molecule has 1 aromatic heterocycles. The SMILES string of the molecule is COc1cccc(-c2cc(=O)[nH]c(NCc3ccc(C(F)(F)F)cc3)n2)c1. The third kappa shape index (κ3) is 4.66. The van der Waals surface area contributed by atoms with Gasteiger partial charge in [-0.15, -0.1) is 0 Å². The fourth-order valence-corrected chi connectivity index (χ4v) is 2.47. The number of halogens is 3. The van der Waals surface area contributed by atoms with Crippen LogP contribution in [0.1, 0.15) is 11.1 Å². The normalized spacial score (nSPS) is 11.3. The number of hydrogen-bond acceptors (Lipinski definition) is 4. The summed E-state index contributed by atoms with van der Waals surface area (Å²) in [5, 5.41) is 2.92. The Morgan fingerprint density at radius 3 is 2.52 bits per heavy atom. The predicted molar refractivity (Wildman–Crippen MR) is 95.6 cm³/mol. The van der Waals surface area contributed by atoms with Gasteiger partial charge < -0.3 is 10.1 Å². The third-order valence-corrected chi connectivity index (χ3v) is 3.85. The van der Waals surface area contributed by atoms with Crippen LogP contribution >= 0.6 is 0 Å². The van der Waals surface area contributed by atoms with Crippen molar-refractivity contribution in [1.29, 1.82) is 0 Å². The van der Waals surface area contributed by atoms with Gasteiger partial charge in [0.15, 0.2) is 0 Å². The van der Waals surface area contributed by atoms with E-state index in [4.69, 9.17) is 4.74 Å². The number of nitrogens with one attached hydrogen (secondary N) is 2. The van der Waals surface area contributed by atoms with Crippen LogP contribution in [0.2, 0.25) is 0 Å². The molecule has 0 radical (unpaired) electrons. The summed E-state index contributed by atoms with van der Waals surface area (Å²) in [5.41, 5.74) is 0.721. The number of aromatic nitrogens is 2. The summed E-state index contributed by atoms with van der Waals surface area (Å²) in [5.74, 6) is 0.856. The van der Waals surface area contributed by atoms with Gasteiger partial charge in [-0.25, -0.2) is 4.98 Å². The van der Waals surface area contributed by atoms with E-state index in [-0.39, 0.29) is 18.1 Å². The molecule has 0 saturated carbocycles. The van der Waals surface area contributed by atoms with Gasteiger partial charge in [0, 0.05) is 18.2 Å². The zero-order valence-electron chi connectivity index (χ0n) is 14.3. The number of hydrogen-bond donors (Lipinski definition) is 2. The molecule has 2 N–H and O–H groups in total. The number of ether oxygens (including phenoxy) is 1. The molecule has 140 valence electrons. The van der Waals surface area contributed by atoms with Crippen molar-refractivity contribution >= 4 is 5.95 Å². The zero-order valence-corrected chi connectivity index (χ0v) is 14.3. The van der Waals surface area contributed by atoms with Crippen LogP contribution in [0.3, 0.4) is 0 Å². The Labute approximate surface area is 152 Å². The van der Waals surface area contributed by atoms with E-state index in [1.165, 1.54) is 18.2 Å². The van der Waals surface area contributed by atoms with E-state index < -0.39 is 11.7 Å². The summed E-state index contributed by atoms with van der Waals surface area (Å²) < 4.78 is 43.0. The van der Waals surface area contributed by atoms with Crippen molar-refractivity contribution in [3.05, 3.63) is 76.1 Å². The fraction of sp³-hybridized carbons (Fsp3) is 0.158. The molecule has 0 atom stereocenters. The van der Waals surface area contributed by atoms with Gasteiger partial charge in [-0.3, -0.25) is 9.78 Å². The molecule has 3 aromatic rings. The molecule has 0 saturated heterocycles. The molecule has 0 aliphatic rings. The molecule has 0 bridgehead atoms. The maximum atomic E-state index is 12.6. The first kappa shape index (κ1) is 18.5. The number of H-pyrrole nitrogens is 1. The lowest BCUT2D eigenvalue weighted by atomic mass is 10.1. The number of nitrogens with zero attached hydrogens (tertiary/aromatic N) is 1. The molecule has 0 amide bonds. The second kappa shape index (κ2) is 7.53. The molecule has 0 aliphatic carbocycles. The Kier molecular flexibility index (Phi) is 5.16. The molecule has 3 rings (SSSR count). The number of alkyl halides is 3. The van der Waals surface area contributed by atoms with Crippen LogP contribution < -0.4 is 15.6 Å². The van der Waals surface area contributed by atoms with Gasteiger partial charge in [-0.1, -0.05) is 24.3 Å². The average molecular weight is 375 g/mol. The maximum absolute atomic E-state index is 12.6. The largest absolute Gasteiger partial charge is 0.497 e. The molecular formula is C19H16F3N3O2. The first-order valence-electron chi connectivity index (χ1n) is 8.01. The van der Waals surface area contributed by atoms with Gasteiger partial charge in [-0.2, -0.15) is 13.2 Å². The first-order chi connectivity index (χ1) is 12.8. The van der Waals surface area contributed by atoms with Crippen LogP contribution in [-0.2, 0) is 12.7 Å². The molecule has 0 unspecified atom stereocenters. The molecule has 8 heteroatoms. The molecule has 5 nitrogen and oxygen atoms in total. The number of rotatable bonds is 5. The Morgan fingerprint density at radius 2 is 1.85 bits per heavy atom. The van der Waals surface area contributed by atoms with Crippen molar-refractivity contribution in [2.24, 2.45) is 0 Å². The highest BCUT2D eigenvalue weighted by Gasteiger charge is 2.29. The Morgan fingerprint density at radius 1 is 1.11 bits per heavy atom. The Balaban J connectivity index is 1.77. The summed E-state index contributed by atoms with van der Waals surface area (Å²) in [4.78, 5) is 18.8. The highest BCUT2D eigenvalue weighted by atomic mass is 19.4. The van der Waals surface area contributed by atoms with Gasteiger partial charge >= 0.3 is 6.18 Å². The van der Waals surface area contributed by atoms with Crippen LogP contribution in [0.25, 0.3) is 11.3 Å². The van der Waals surface area contributed by atoms with E-state index in [2.05, 4.69) is 15.3 Å². The topological polar surface area (TPSA) is 67.0 Å². The lowest BCUT2D eigenvalue weighted by molar-refractivity contribution is -0.137. The monoisotopic (exact) mass is 375 g/mol. The smallest absolute Gasteiger partial charge is 0.416 e. The van der Waals surface area contributed by atoms with Crippen LogP contribution in [0.4, 0.5) is 19.1 Å². The quantitative estimate of drug-likeness (QED) is 0.705. The van der Waals surface area contributed by atoms with Gasteiger partial charge in [0.25, 0.3) is 5.56 Å². The van der Waals surface area contributed by atoms with E-state index >= 15 is 0 Å².